The Balaban J connectivity index is 2.23. The second-order valence-corrected chi connectivity index (χ2v) is 10.6. The molecular formula is C24H21OP. The summed E-state index contributed by atoms with van der Waals surface area (Å²) in [6, 6.07) is 40.4. The van der Waals surface area contributed by atoms with Crippen molar-refractivity contribution < 1.29 is 4.89 Å². The fourth-order valence-corrected chi connectivity index (χ4v) is 8.57. The standard InChI is InChI=1S/C24H21OP/c25-26(21-13-5-1-6-14-21,22-15-7-2-8-16-22,23-17-9-3-10-18-23)24-19-11-4-12-20-24/h1-20,25H. The fraction of sp³-hybridized carbons (Fsp3) is 0. The molecule has 26 heavy (non-hydrogen) atoms. The van der Waals surface area contributed by atoms with Crippen LogP contribution in [0.2, 0.25) is 0 Å². The zero-order chi connectivity index (χ0) is 17.9. The van der Waals surface area contributed by atoms with E-state index in [1.54, 1.807) is 0 Å². The monoisotopic (exact) mass is 356 g/mol. The van der Waals surface area contributed by atoms with Gasteiger partial charge in [0.25, 0.3) is 0 Å². The summed E-state index contributed by atoms with van der Waals surface area (Å²) in [6.45, 7) is -3.82. The molecule has 4 aromatic rings. The SMILES string of the molecule is OP(c1ccccc1)(c1ccccc1)(c1ccccc1)c1ccccc1. The number of hydrogen-bond acceptors (Lipinski definition) is 1. The van der Waals surface area contributed by atoms with Crippen LogP contribution in [0.3, 0.4) is 0 Å². The van der Waals surface area contributed by atoms with E-state index in [0.29, 0.717) is 0 Å². The summed E-state index contributed by atoms with van der Waals surface area (Å²) in [5.41, 5.74) is 0. The summed E-state index contributed by atoms with van der Waals surface area (Å²) in [4.78, 5) is 13.0. The van der Waals surface area contributed by atoms with E-state index in [4.69, 9.17) is 0 Å². The first kappa shape index (κ1) is 16.7. The van der Waals surface area contributed by atoms with Crippen LogP contribution < -0.4 is 21.2 Å². The molecule has 0 amide bonds. The van der Waals surface area contributed by atoms with Gasteiger partial charge in [-0.15, -0.1) is 0 Å². The van der Waals surface area contributed by atoms with E-state index >= 15 is 0 Å². The van der Waals surface area contributed by atoms with Gasteiger partial charge in [0.2, 0.25) is 0 Å². The summed E-state index contributed by atoms with van der Waals surface area (Å²) >= 11 is 0. The van der Waals surface area contributed by atoms with Gasteiger partial charge >= 0.3 is 154 Å². The van der Waals surface area contributed by atoms with Gasteiger partial charge in [-0.3, -0.25) is 0 Å². The Hall–Kier alpha value is -2.73. The third-order valence-corrected chi connectivity index (χ3v) is 10.3. The van der Waals surface area contributed by atoms with Crippen molar-refractivity contribution in [2.45, 2.75) is 0 Å². The number of benzene rings is 4. The Morgan fingerprint density at radius 2 is 0.538 bits per heavy atom. The molecule has 0 saturated carbocycles. The molecule has 1 N–H and O–H groups in total. The molecule has 0 heterocycles. The molecule has 0 atom stereocenters. The van der Waals surface area contributed by atoms with E-state index in [1.807, 2.05) is 121 Å². The van der Waals surface area contributed by atoms with Crippen LogP contribution in [0, 0.1) is 0 Å². The van der Waals surface area contributed by atoms with Gasteiger partial charge in [-0.25, -0.2) is 0 Å². The van der Waals surface area contributed by atoms with E-state index in [2.05, 4.69) is 0 Å². The van der Waals surface area contributed by atoms with E-state index in [-0.39, 0.29) is 0 Å². The van der Waals surface area contributed by atoms with E-state index < -0.39 is 6.83 Å². The van der Waals surface area contributed by atoms with Crippen LogP contribution in [-0.2, 0) is 0 Å². The Morgan fingerprint density at radius 3 is 0.731 bits per heavy atom. The first-order valence-corrected chi connectivity index (χ1v) is 10.9. The molecule has 128 valence electrons. The molecule has 0 aromatic heterocycles. The van der Waals surface area contributed by atoms with Gasteiger partial charge in [0.05, 0.1) is 0 Å². The van der Waals surface area contributed by atoms with Gasteiger partial charge in [0.1, 0.15) is 0 Å². The van der Waals surface area contributed by atoms with Crippen LogP contribution in [0.15, 0.2) is 121 Å². The van der Waals surface area contributed by atoms with Crippen molar-refractivity contribution in [2.24, 2.45) is 0 Å². The average molecular weight is 356 g/mol. The molecular weight excluding hydrogens is 335 g/mol. The van der Waals surface area contributed by atoms with Crippen molar-refractivity contribution in [3.05, 3.63) is 121 Å². The van der Waals surface area contributed by atoms with Crippen LogP contribution in [0.1, 0.15) is 0 Å². The molecule has 1 nitrogen and oxygen atoms in total. The molecule has 0 saturated heterocycles. The van der Waals surface area contributed by atoms with Crippen molar-refractivity contribution in [3.8, 4) is 0 Å². The molecule has 0 unspecified atom stereocenters. The molecule has 0 aliphatic heterocycles. The molecule has 4 aromatic carbocycles. The summed E-state index contributed by atoms with van der Waals surface area (Å²) in [5, 5.41) is 3.79. The van der Waals surface area contributed by atoms with Crippen LogP contribution in [-0.4, -0.2) is 4.89 Å². The summed E-state index contributed by atoms with van der Waals surface area (Å²) in [6.07, 6.45) is 0. The minimum absolute atomic E-state index is 0.946. The van der Waals surface area contributed by atoms with Crippen molar-refractivity contribution in [1.29, 1.82) is 0 Å². The van der Waals surface area contributed by atoms with E-state index in [9.17, 15) is 4.89 Å². The van der Waals surface area contributed by atoms with Crippen molar-refractivity contribution in [3.63, 3.8) is 0 Å². The van der Waals surface area contributed by atoms with E-state index in [1.165, 1.54) is 0 Å². The maximum atomic E-state index is 13.0. The second-order valence-electron chi connectivity index (χ2n) is 6.41. The predicted molar refractivity (Wildman–Crippen MR) is 113 cm³/mol. The van der Waals surface area contributed by atoms with Crippen LogP contribution in [0.25, 0.3) is 0 Å². The molecule has 0 aliphatic carbocycles. The Bertz CT molecular complexity index is 814. The molecule has 0 bridgehead atoms. The third-order valence-electron chi connectivity index (χ3n) is 5.04. The Kier molecular flexibility index (Phi) is 4.20. The first-order chi connectivity index (χ1) is 12.7. The van der Waals surface area contributed by atoms with Crippen LogP contribution in [0.5, 0.6) is 0 Å². The summed E-state index contributed by atoms with van der Waals surface area (Å²) in [7, 11) is 0. The molecule has 0 aliphatic rings. The third kappa shape index (κ3) is 2.33. The second kappa shape index (κ2) is 6.53. The summed E-state index contributed by atoms with van der Waals surface area (Å²) in [5.74, 6) is 0. The number of hydrogen-bond donors (Lipinski definition) is 1. The predicted octanol–water partition coefficient (Wildman–Crippen LogP) is 3.75. The molecule has 0 spiro atoms. The van der Waals surface area contributed by atoms with E-state index in [0.717, 1.165) is 21.2 Å². The van der Waals surface area contributed by atoms with Crippen LogP contribution in [0.4, 0.5) is 0 Å². The topological polar surface area (TPSA) is 20.2 Å². The molecule has 0 radical (unpaired) electrons. The fourth-order valence-electron chi connectivity index (χ4n) is 3.77. The molecule has 4 rings (SSSR count). The molecule has 0 fully saturated rings. The van der Waals surface area contributed by atoms with Gasteiger partial charge in [-0.05, 0) is 0 Å². The summed E-state index contributed by atoms with van der Waals surface area (Å²) < 4.78 is 0. The Morgan fingerprint density at radius 1 is 0.346 bits per heavy atom. The quantitative estimate of drug-likeness (QED) is 0.552. The first-order valence-electron chi connectivity index (χ1n) is 8.74. The van der Waals surface area contributed by atoms with Crippen LogP contribution >= 0.6 is 6.83 Å². The average Bonchev–Trinajstić information content (AvgIpc) is 2.76. The maximum absolute atomic E-state index is 13.0. The van der Waals surface area contributed by atoms with Crippen molar-refractivity contribution in [1.82, 2.24) is 0 Å². The number of rotatable bonds is 4. The minimum atomic E-state index is -3.82. The zero-order valence-electron chi connectivity index (χ0n) is 14.4. The molecule has 2 heteroatoms. The van der Waals surface area contributed by atoms with Gasteiger partial charge in [0.15, 0.2) is 0 Å². The normalized spacial score (nSPS) is 12.9. The van der Waals surface area contributed by atoms with Gasteiger partial charge in [0, 0.05) is 0 Å². The van der Waals surface area contributed by atoms with Gasteiger partial charge < -0.3 is 0 Å². The zero-order valence-corrected chi connectivity index (χ0v) is 15.3. The van der Waals surface area contributed by atoms with Crippen molar-refractivity contribution in [2.75, 3.05) is 0 Å². The Labute approximate surface area is 154 Å². The van der Waals surface area contributed by atoms with Crippen molar-refractivity contribution >= 4 is 28.0 Å². The van der Waals surface area contributed by atoms with Gasteiger partial charge in [-0.1, -0.05) is 0 Å². The van der Waals surface area contributed by atoms with Gasteiger partial charge in [-0.2, -0.15) is 0 Å².